The van der Waals surface area contributed by atoms with E-state index in [-0.39, 0.29) is 24.0 Å². The fourth-order valence-electron chi connectivity index (χ4n) is 2.71. The third-order valence-electron chi connectivity index (χ3n) is 4.05. The Morgan fingerprint density at radius 3 is 2.39 bits per heavy atom. The van der Waals surface area contributed by atoms with E-state index < -0.39 is 0 Å². The van der Waals surface area contributed by atoms with Crippen LogP contribution in [0.4, 0.5) is 5.69 Å². The van der Waals surface area contributed by atoms with Gasteiger partial charge in [-0.25, -0.2) is 0 Å². The molecule has 23 heavy (non-hydrogen) atoms. The summed E-state index contributed by atoms with van der Waals surface area (Å²) in [7, 11) is 0. The zero-order valence-corrected chi connectivity index (χ0v) is 16.5. The summed E-state index contributed by atoms with van der Waals surface area (Å²) >= 11 is 0. The lowest BCUT2D eigenvalue weighted by atomic mass is 10.0. The van der Waals surface area contributed by atoms with Crippen LogP contribution in [0, 0.1) is 0 Å². The van der Waals surface area contributed by atoms with Crippen LogP contribution in [-0.4, -0.2) is 50.3 Å². The van der Waals surface area contributed by atoms with Gasteiger partial charge in [0.25, 0.3) is 0 Å². The lowest BCUT2D eigenvalue weighted by Crippen LogP contribution is -2.38. The molecular weight excluding hydrogens is 403 g/mol. The Kier molecular flexibility index (Phi) is 9.50. The van der Waals surface area contributed by atoms with Crippen LogP contribution in [0.2, 0.25) is 0 Å². The number of hydrogen-bond donors (Lipinski definition) is 2. The van der Waals surface area contributed by atoms with Gasteiger partial charge in [0.1, 0.15) is 0 Å². The molecule has 1 fully saturated rings. The van der Waals surface area contributed by atoms with E-state index in [4.69, 9.17) is 10.5 Å². The van der Waals surface area contributed by atoms with Crippen molar-refractivity contribution >= 4 is 35.6 Å². The fourth-order valence-corrected chi connectivity index (χ4v) is 2.71. The third-order valence-corrected chi connectivity index (χ3v) is 4.05. The molecule has 2 rings (SSSR count). The summed E-state index contributed by atoms with van der Waals surface area (Å²) in [4.78, 5) is 6.82. The number of para-hydroxylation sites is 1. The van der Waals surface area contributed by atoms with Crippen molar-refractivity contribution < 1.29 is 4.74 Å². The van der Waals surface area contributed by atoms with Gasteiger partial charge in [-0.05, 0) is 24.0 Å². The molecule has 0 aliphatic carbocycles. The van der Waals surface area contributed by atoms with E-state index in [1.807, 2.05) is 0 Å². The van der Waals surface area contributed by atoms with Crippen molar-refractivity contribution in [3.05, 3.63) is 29.3 Å². The SMILES string of the molecule is CCc1cccc(CC)c1NC(N)=NCCN1CCOCC1.I. The molecule has 1 aromatic carbocycles. The highest BCUT2D eigenvalue weighted by atomic mass is 127. The van der Waals surface area contributed by atoms with Crippen LogP contribution < -0.4 is 11.1 Å². The second-order valence-electron chi connectivity index (χ2n) is 5.50. The third kappa shape index (κ3) is 6.27. The van der Waals surface area contributed by atoms with Gasteiger partial charge < -0.3 is 15.8 Å². The molecule has 3 N–H and O–H groups in total. The number of halogens is 1. The van der Waals surface area contributed by atoms with Crippen molar-refractivity contribution in [1.82, 2.24) is 4.90 Å². The van der Waals surface area contributed by atoms with Crippen LogP contribution in [-0.2, 0) is 17.6 Å². The Hall–Kier alpha value is -0.860. The van der Waals surface area contributed by atoms with Crippen molar-refractivity contribution in [2.75, 3.05) is 44.7 Å². The van der Waals surface area contributed by atoms with Gasteiger partial charge in [-0.2, -0.15) is 0 Å². The molecule has 5 nitrogen and oxygen atoms in total. The minimum absolute atomic E-state index is 0. The summed E-state index contributed by atoms with van der Waals surface area (Å²) in [5.74, 6) is 0.504. The van der Waals surface area contributed by atoms with Crippen molar-refractivity contribution in [3.8, 4) is 0 Å². The molecule has 1 saturated heterocycles. The van der Waals surface area contributed by atoms with Gasteiger partial charge >= 0.3 is 0 Å². The van der Waals surface area contributed by atoms with Crippen LogP contribution in [0.15, 0.2) is 23.2 Å². The first-order chi connectivity index (χ1) is 10.7. The van der Waals surface area contributed by atoms with E-state index in [0.29, 0.717) is 12.5 Å². The molecule has 0 aromatic heterocycles. The molecule has 0 unspecified atom stereocenters. The summed E-state index contributed by atoms with van der Waals surface area (Å²) in [5, 5.41) is 3.30. The lowest BCUT2D eigenvalue weighted by molar-refractivity contribution is 0.0394. The highest BCUT2D eigenvalue weighted by Gasteiger charge is 2.10. The number of guanidine groups is 1. The van der Waals surface area contributed by atoms with Gasteiger partial charge in [0.05, 0.1) is 19.8 Å². The smallest absolute Gasteiger partial charge is 0.193 e. The first-order valence-electron chi connectivity index (χ1n) is 8.22. The van der Waals surface area contributed by atoms with Crippen LogP contribution in [0.1, 0.15) is 25.0 Å². The van der Waals surface area contributed by atoms with Crippen LogP contribution in [0.5, 0.6) is 0 Å². The maximum absolute atomic E-state index is 6.06. The Labute approximate surface area is 156 Å². The molecule has 130 valence electrons. The average Bonchev–Trinajstić information content (AvgIpc) is 2.56. The quantitative estimate of drug-likeness (QED) is 0.412. The van der Waals surface area contributed by atoms with Crippen molar-refractivity contribution in [1.29, 1.82) is 0 Å². The van der Waals surface area contributed by atoms with Crippen molar-refractivity contribution in [3.63, 3.8) is 0 Å². The summed E-state index contributed by atoms with van der Waals surface area (Å²) in [6.45, 7) is 9.58. The van der Waals surface area contributed by atoms with Gasteiger partial charge in [0.2, 0.25) is 0 Å². The fraction of sp³-hybridized carbons (Fsp3) is 0.588. The normalized spacial score (nSPS) is 16.0. The van der Waals surface area contributed by atoms with Gasteiger partial charge in [-0.3, -0.25) is 9.89 Å². The molecule has 0 bridgehead atoms. The number of aliphatic imine (C=N–C) groups is 1. The second-order valence-corrected chi connectivity index (χ2v) is 5.50. The maximum atomic E-state index is 6.06. The van der Waals surface area contributed by atoms with Gasteiger partial charge in [0, 0.05) is 25.3 Å². The number of rotatable bonds is 6. The molecule has 1 aromatic rings. The second kappa shape index (κ2) is 10.8. The number of ether oxygens (including phenoxy) is 1. The summed E-state index contributed by atoms with van der Waals surface area (Å²) in [6.07, 6.45) is 1.97. The molecule has 6 heteroatoms. The Balaban J connectivity index is 0.00000264. The van der Waals surface area contributed by atoms with E-state index in [9.17, 15) is 0 Å². The molecule has 0 amide bonds. The first-order valence-corrected chi connectivity index (χ1v) is 8.22. The van der Waals surface area contributed by atoms with Gasteiger partial charge in [-0.15, -0.1) is 24.0 Å². The number of hydrogen-bond acceptors (Lipinski definition) is 3. The van der Waals surface area contributed by atoms with E-state index >= 15 is 0 Å². The maximum Gasteiger partial charge on any atom is 0.193 e. The Bertz CT molecular complexity index is 479. The summed E-state index contributed by atoms with van der Waals surface area (Å²) < 4.78 is 5.34. The number of morpholine rings is 1. The predicted octanol–water partition coefficient (Wildman–Crippen LogP) is 2.49. The molecule has 0 radical (unpaired) electrons. The molecule has 1 aliphatic rings. The largest absolute Gasteiger partial charge is 0.379 e. The van der Waals surface area contributed by atoms with Gasteiger partial charge in [0.15, 0.2) is 5.96 Å². The van der Waals surface area contributed by atoms with E-state index in [1.54, 1.807) is 0 Å². The van der Waals surface area contributed by atoms with Crippen LogP contribution in [0.25, 0.3) is 0 Å². The molecule has 1 aliphatic heterocycles. The van der Waals surface area contributed by atoms with E-state index in [1.165, 1.54) is 11.1 Å². The minimum atomic E-state index is 0. The molecule has 0 saturated carbocycles. The number of nitrogens with one attached hydrogen (secondary N) is 1. The number of aryl methyl sites for hydroxylation is 2. The average molecular weight is 432 g/mol. The molecule has 0 spiro atoms. The lowest BCUT2D eigenvalue weighted by Gasteiger charge is -2.25. The van der Waals surface area contributed by atoms with E-state index in [0.717, 1.165) is 51.4 Å². The van der Waals surface area contributed by atoms with Gasteiger partial charge in [-0.1, -0.05) is 32.0 Å². The first kappa shape index (κ1) is 20.2. The number of anilines is 1. The van der Waals surface area contributed by atoms with E-state index in [2.05, 4.69) is 47.3 Å². The van der Waals surface area contributed by atoms with Crippen LogP contribution in [0.3, 0.4) is 0 Å². The number of nitrogens with two attached hydrogens (primary N) is 1. The van der Waals surface area contributed by atoms with Crippen LogP contribution >= 0.6 is 24.0 Å². The number of benzene rings is 1. The van der Waals surface area contributed by atoms with Crippen molar-refractivity contribution in [2.45, 2.75) is 26.7 Å². The monoisotopic (exact) mass is 432 g/mol. The highest BCUT2D eigenvalue weighted by Crippen LogP contribution is 2.22. The zero-order chi connectivity index (χ0) is 15.8. The van der Waals surface area contributed by atoms with Crippen molar-refractivity contribution in [2.24, 2.45) is 10.7 Å². The standard InChI is InChI=1S/C17H28N4O.HI/c1-3-14-6-5-7-15(4-2)16(14)20-17(18)19-8-9-21-10-12-22-13-11-21;/h5-7H,3-4,8-13H2,1-2H3,(H3,18,19,20);1H. The Morgan fingerprint density at radius 2 is 1.83 bits per heavy atom. The zero-order valence-electron chi connectivity index (χ0n) is 14.2. The molecule has 0 atom stereocenters. The molecule has 1 heterocycles. The minimum Gasteiger partial charge on any atom is -0.379 e. The Morgan fingerprint density at radius 1 is 1.22 bits per heavy atom. The predicted molar refractivity (Wildman–Crippen MR) is 108 cm³/mol. The highest BCUT2D eigenvalue weighted by molar-refractivity contribution is 14.0. The summed E-state index contributed by atoms with van der Waals surface area (Å²) in [5.41, 5.74) is 9.76. The number of nitrogens with zero attached hydrogens (tertiary/aromatic N) is 2. The molecular formula is C17H29IN4O. The summed E-state index contributed by atoms with van der Waals surface area (Å²) in [6, 6.07) is 6.39. The topological polar surface area (TPSA) is 62.9 Å².